The van der Waals surface area contributed by atoms with Gasteiger partial charge in [-0.15, -0.1) is 0 Å². The average Bonchev–Trinajstić information content (AvgIpc) is 3.30. The minimum atomic E-state index is -0.516. The van der Waals surface area contributed by atoms with Gasteiger partial charge in [0.2, 0.25) is 0 Å². The Labute approximate surface area is 175 Å². The van der Waals surface area contributed by atoms with Gasteiger partial charge in [-0.25, -0.2) is 0 Å². The monoisotopic (exact) mass is 407 g/mol. The van der Waals surface area contributed by atoms with Crippen molar-refractivity contribution >= 4 is 23.4 Å². The Balaban J connectivity index is 1.32. The number of amides is 3. The van der Waals surface area contributed by atoms with E-state index in [2.05, 4.69) is 5.32 Å². The number of carbonyl (C=O) groups excluding carboxylic acids is 3. The van der Waals surface area contributed by atoms with Crippen LogP contribution in [0.5, 0.6) is 0 Å². The van der Waals surface area contributed by atoms with Crippen molar-refractivity contribution in [3.63, 3.8) is 0 Å². The molecule has 2 aromatic rings. The number of para-hydroxylation sites is 1. The third-order valence-electron chi connectivity index (χ3n) is 5.48. The zero-order chi connectivity index (χ0) is 20.9. The van der Waals surface area contributed by atoms with E-state index in [9.17, 15) is 14.4 Å². The van der Waals surface area contributed by atoms with Crippen LogP contribution in [0.15, 0.2) is 54.6 Å². The molecule has 3 amide bonds. The van der Waals surface area contributed by atoms with E-state index in [1.165, 1.54) is 4.90 Å². The predicted octanol–water partition coefficient (Wildman–Crippen LogP) is 1.97. The van der Waals surface area contributed by atoms with E-state index in [1.807, 2.05) is 42.5 Å². The van der Waals surface area contributed by atoms with Gasteiger partial charge in [0.05, 0.1) is 6.10 Å². The zero-order valence-corrected chi connectivity index (χ0v) is 16.8. The van der Waals surface area contributed by atoms with Crippen LogP contribution in [-0.2, 0) is 20.9 Å². The molecule has 1 N–H and O–H groups in total. The molecule has 0 unspecified atom stereocenters. The molecule has 1 atom stereocenters. The molecular formula is C23H25N3O4. The van der Waals surface area contributed by atoms with E-state index in [1.54, 1.807) is 17.0 Å². The van der Waals surface area contributed by atoms with Crippen LogP contribution in [0.2, 0.25) is 0 Å². The van der Waals surface area contributed by atoms with E-state index in [0.717, 1.165) is 30.7 Å². The topological polar surface area (TPSA) is 79.0 Å². The lowest BCUT2D eigenvalue weighted by Crippen LogP contribution is -2.54. The van der Waals surface area contributed by atoms with Crippen LogP contribution < -0.4 is 10.2 Å². The number of hydrogen-bond donors (Lipinski definition) is 1. The van der Waals surface area contributed by atoms with E-state index < -0.39 is 11.8 Å². The van der Waals surface area contributed by atoms with Crippen LogP contribution >= 0.6 is 0 Å². The minimum Gasteiger partial charge on any atom is -0.376 e. The summed E-state index contributed by atoms with van der Waals surface area (Å²) in [7, 11) is 0. The Kier molecular flexibility index (Phi) is 6.09. The highest BCUT2D eigenvalue weighted by Gasteiger charge is 2.33. The highest BCUT2D eigenvalue weighted by Crippen LogP contribution is 2.19. The number of piperazine rings is 1. The Hall–Kier alpha value is -3.19. The summed E-state index contributed by atoms with van der Waals surface area (Å²) in [6.45, 7) is 2.53. The van der Waals surface area contributed by atoms with Crippen LogP contribution in [0.25, 0.3) is 0 Å². The van der Waals surface area contributed by atoms with Gasteiger partial charge in [-0.3, -0.25) is 14.4 Å². The molecule has 4 rings (SSSR count). The lowest BCUT2D eigenvalue weighted by atomic mass is 10.1. The number of hydrogen-bond acceptors (Lipinski definition) is 4. The first-order valence-electron chi connectivity index (χ1n) is 10.3. The molecule has 0 aromatic heterocycles. The maximum absolute atomic E-state index is 12.6. The van der Waals surface area contributed by atoms with Gasteiger partial charge >= 0.3 is 11.8 Å². The van der Waals surface area contributed by atoms with Crippen molar-refractivity contribution in [3.05, 3.63) is 65.7 Å². The molecule has 7 heteroatoms. The summed E-state index contributed by atoms with van der Waals surface area (Å²) < 4.78 is 5.51. The fourth-order valence-corrected chi connectivity index (χ4v) is 3.78. The molecule has 30 heavy (non-hydrogen) atoms. The zero-order valence-electron chi connectivity index (χ0n) is 16.8. The first-order chi connectivity index (χ1) is 14.6. The largest absolute Gasteiger partial charge is 0.376 e. The summed E-state index contributed by atoms with van der Waals surface area (Å²) in [5.41, 5.74) is 2.17. The van der Waals surface area contributed by atoms with Gasteiger partial charge < -0.3 is 19.9 Å². The summed E-state index contributed by atoms with van der Waals surface area (Å²) in [5, 5.41) is 2.90. The number of ether oxygens (including phenoxy) is 1. The molecule has 0 aliphatic carbocycles. The summed E-state index contributed by atoms with van der Waals surface area (Å²) >= 11 is 0. The van der Waals surface area contributed by atoms with Gasteiger partial charge in [0.25, 0.3) is 5.91 Å². The number of carbonyl (C=O) groups is 3. The number of anilines is 1. The maximum atomic E-state index is 12.6. The lowest BCUT2D eigenvalue weighted by Gasteiger charge is -2.33. The summed E-state index contributed by atoms with van der Waals surface area (Å²) in [5.74, 6) is -1.17. The number of benzene rings is 2. The van der Waals surface area contributed by atoms with E-state index in [-0.39, 0.29) is 12.0 Å². The molecule has 7 nitrogen and oxygen atoms in total. The third kappa shape index (κ3) is 4.52. The number of nitrogens with one attached hydrogen (secondary N) is 1. The van der Waals surface area contributed by atoms with Crippen molar-refractivity contribution in [2.45, 2.75) is 25.5 Å². The highest BCUT2D eigenvalue weighted by atomic mass is 16.5. The highest BCUT2D eigenvalue weighted by molar-refractivity contribution is 6.40. The fourth-order valence-electron chi connectivity index (χ4n) is 3.78. The van der Waals surface area contributed by atoms with E-state index >= 15 is 0 Å². The summed E-state index contributed by atoms with van der Waals surface area (Å²) in [6, 6.07) is 16.3. The molecule has 156 valence electrons. The van der Waals surface area contributed by atoms with Gasteiger partial charge in [0.15, 0.2) is 0 Å². The second kappa shape index (κ2) is 9.09. The van der Waals surface area contributed by atoms with Crippen molar-refractivity contribution in [1.29, 1.82) is 0 Å². The van der Waals surface area contributed by atoms with Crippen molar-refractivity contribution in [2.24, 2.45) is 0 Å². The standard InChI is InChI=1S/C23H25N3O4/c27-21(24-15-20-7-4-14-30-20)18-10-8-17(9-11-18)16-25-12-13-26(23(29)22(25)28)19-5-2-1-3-6-19/h1-3,5-6,8-11,20H,4,7,12-16H2,(H,24,27)/t20-/m1/s1. The number of nitrogens with zero attached hydrogens (tertiary/aromatic N) is 2. The normalized spacial score (nSPS) is 19.3. The van der Waals surface area contributed by atoms with Gasteiger partial charge in [0, 0.05) is 44.0 Å². The van der Waals surface area contributed by atoms with Crippen LogP contribution in [-0.4, -0.2) is 55.0 Å². The van der Waals surface area contributed by atoms with E-state index in [4.69, 9.17) is 4.74 Å². The quantitative estimate of drug-likeness (QED) is 0.743. The van der Waals surface area contributed by atoms with Gasteiger partial charge in [-0.1, -0.05) is 30.3 Å². The predicted molar refractivity (Wildman–Crippen MR) is 112 cm³/mol. The SMILES string of the molecule is O=C(NC[C@H]1CCCO1)c1ccc(CN2CCN(c3ccccc3)C(=O)C2=O)cc1. The fraction of sp³-hybridized carbons (Fsp3) is 0.348. The van der Waals surface area contributed by atoms with Crippen molar-refractivity contribution in [3.8, 4) is 0 Å². The Morgan fingerprint density at radius 3 is 2.47 bits per heavy atom. The van der Waals surface area contributed by atoms with Crippen molar-refractivity contribution < 1.29 is 19.1 Å². The Bertz CT molecular complexity index is 908. The summed E-state index contributed by atoms with van der Waals surface area (Å²) in [6.07, 6.45) is 2.12. The first-order valence-corrected chi connectivity index (χ1v) is 10.3. The molecule has 2 fully saturated rings. The molecule has 0 saturated carbocycles. The molecule has 2 saturated heterocycles. The third-order valence-corrected chi connectivity index (χ3v) is 5.48. The molecule has 2 aliphatic heterocycles. The minimum absolute atomic E-state index is 0.103. The van der Waals surface area contributed by atoms with Crippen molar-refractivity contribution in [1.82, 2.24) is 10.2 Å². The van der Waals surface area contributed by atoms with E-state index in [0.29, 0.717) is 31.7 Å². The van der Waals surface area contributed by atoms with Gasteiger partial charge in [-0.05, 0) is 42.7 Å². The summed E-state index contributed by atoms with van der Waals surface area (Å²) in [4.78, 5) is 40.4. The lowest BCUT2D eigenvalue weighted by molar-refractivity contribution is -0.146. The van der Waals surface area contributed by atoms with Crippen molar-refractivity contribution in [2.75, 3.05) is 31.1 Å². The first kappa shape index (κ1) is 20.1. The van der Waals surface area contributed by atoms with Gasteiger partial charge in [-0.2, -0.15) is 0 Å². The smallest absolute Gasteiger partial charge is 0.316 e. The molecule has 0 spiro atoms. The molecule has 2 heterocycles. The molecule has 0 radical (unpaired) electrons. The molecule has 2 aromatic carbocycles. The average molecular weight is 407 g/mol. The van der Waals surface area contributed by atoms with Crippen LogP contribution in [0, 0.1) is 0 Å². The van der Waals surface area contributed by atoms with Crippen LogP contribution in [0.1, 0.15) is 28.8 Å². The Morgan fingerprint density at radius 1 is 1.00 bits per heavy atom. The van der Waals surface area contributed by atoms with Gasteiger partial charge in [0.1, 0.15) is 0 Å². The van der Waals surface area contributed by atoms with Crippen LogP contribution in [0.4, 0.5) is 5.69 Å². The second-order valence-corrected chi connectivity index (χ2v) is 7.56. The maximum Gasteiger partial charge on any atom is 0.316 e. The van der Waals surface area contributed by atoms with Crippen LogP contribution in [0.3, 0.4) is 0 Å². The molecule has 0 bridgehead atoms. The molecular weight excluding hydrogens is 382 g/mol. The Morgan fingerprint density at radius 2 is 1.77 bits per heavy atom. The molecule has 2 aliphatic rings. The second-order valence-electron chi connectivity index (χ2n) is 7.56. The number of rotatable bonds is 6.